The minimum atomic E-state index is -0.724. The highest BCUT2D eigenvalue weighted by molar-refractivity contribution is 5.70. The number of rotatable bonds is 30. The summed E-state index contributed by atoms with van der Waals surface area (Å²) in [5, 5.41) is 3.13. The van der Waals surface area contributed by atoms with Crippen LogP contribution >= 0.6 is 0 Å². The number of hydrogen-bond acceptors (Lipinski definition) is 13. The van der Waals surface area contributed by atoms with Crippen molar-refractivity contribution >= 4 is 17.9 Å². The van der Waals surface area contributed by atoms with E-state index < -0.39 is 5.54 Å². The van der Waals surface area contributed by atoms with E-state index in [4.69, 9.17) is 42.6 Å². The second kappa shape index (κ2) is 32.7. The molecule has 0 amide bonds. The number of esters is 3. The molecule has 13 nitrogen and oxygen atoms in total. The first kappa shape index (κ1) is 47.2. The Morgan fingerprint density at radius 1 is 0.553 bits per heavy atom. The maximum Gasteiger partial charge on any atom is 0.308 e. The van der Waals surface area contributed by atoms with Crippen LogP contribution in [0.2, 0.25) is 0 Å². The van der Waals surface area contributed by atoms with E-state index in [1.165, 1.54) is 0 Å². The van der Waals surface area contributed by atoms with Gasteiger partial charge in [0.05, 0.1) is 110 Å². The van der Waals surface area contributed by atoms with Gasteiger partial charge in [0.25, 0.3) is 0 Å². The topological polar surface area (TPSA) is 146 Å². The summed E-state index contributed by atoms with van der Waals surface area (Å²) in [5.74, 6) is -0.989. The monoisotopic (exact) mass is 681 g/mol. The molecule has 0 aliphatic rings. The molecule has 0 aromatic carbocycles. The minimum Gasteiger partial charge on any atom is -0.466 e. The zero-order valence-corrected chi connectivity index (χ0v) is 30.9. The maximum absolute atomic E-state index is 11.4. The van der Waals surface area contributed by atoms with Crippen LogP contribution in [0, 0.1) is 0 Å². The molecule has 0 heterocycles. The number of hydrogen-bond donors (Lipinski definition) is 1. The van der Waals surface area contributed by atoms with Gasteiger partial charge in [-0.2, -0.15) is 0 Å². The normalized spacial score (nSPS) is 11.5. The van der Waals surface area contributed by atoms with Crippen LogP contribution in [0.3, 0.4) is 0 Å². The number of likely N-dealkylation sites (N-methyl/N-ethyl adjacent to an activating group) is 1. The van der Waals surface area contributed by atoms with Gasteiger partial charge in [-0.15, -0.1) is 0 Å². The van der Waals surface area contributed by atoms with Crippen LogP contribution in [0.1, 0.15) is 93.4 Å². The van der Waals surface area contributed by atoms with Crippen LogP contribution in [0.25, 0.3) is 0 Å². The molecule has 0 bridgehead atoms. The van der Waals surface area contributed by atoms with Gasteiger partial charge in [0.1, 0.15) is 6.10 Å². The molecule has 0 rings (SSSR count). The molecular weight excluding hydrogens is 614 g/mol. The van der Waals surface area contributed by atoms with Crippen molar-refractivity contribution in [2.45, 2.75) is 117 Å². The van der Waals surface area contributed by atoms with Gasteiger partial charge >= 0.3 is 17.9 Å². The summed E-state index contributed by atoms with van der Waals surface area (Å²) < 4.78 is 48.5. The average molecular weight is 682 g/mol. The quantitative estimate of drug-likeness (QED) is 0.0655. The predicted octanol–water partition coefficient (Wildman–Crippen LogP) is 4.27. The third-order valence-corrected chi connectivity index (χ3v) is 7.12. The number of carbonyl (C=O) groups is 3. The lowest BCUT2D eigenvalue weighted by atomic mass is 10.0. The van der Waals surface area contributed by atoms with Crippen LogP contribution in [0.5, 0.6) is 0 Å². The fourth-order valence-corrected chi connectivity index (χ4v) is 4.03. The van der Waals surface area contributed by atoms with E-state index in [1.54, 1.807) is 34.9 Å². The SMILES string of the molecule is CCC(CC)OCC(COC(CC)CC)OC.CCOC(=O)CCOCC(COCCC(=O)OCC)(COCCC(=O)OCC)NC. The Morgan fingerprint density at radius 2 is 0.872 bits per heavy atom. The number of ether oxygens (including phenoxy) is 9. The zero-order chi connectivity index (χ0) is 35.8. The van der Waals surface area contributed by atoms with Gasteiger partial charge in [-0.1, -0.05) is 27.7 Å². The molecule has 0 atom stereocenters. The maximum atomic E-state index is 11.4. The van der Waals surface area contributed by atoms with Crippen LogP contribution in [-0.2, 0) is 57.0 Å². The lowest BCUT2D eigenvalue weighted by Gasteiger charge is -2.33. The molecule has 0 aliphatic carbocycles. The highest BCUT2D eigenvalue weighted by Crippen LogP contribution is 2.10. The van der Waals surface area contributed by atoms with Crippen molar-refractivity contribution in [3.63, 3.8) is 0 Å². The summed E-state index contributed by atoms with van der Waals surface area (Å²) in [6.07, 6.45) is 5.39. The molecule has 47 heavy (non-hydrogen) atoms. The van der Waals surface area contributed by atoms with Crippen LogP contribution in [-0.4, -0.2) is 129 Å². The predicted molar refractivity (Wildman–Crippen MR) is 179 cm³/mol. The van der Waals surface area contributed by atoms with E-state index in [9.17, 15) is 14.4 Å². The molecule has 0 unspecified atom stereocenters. The largest absolute Gasteiger partial charge is 0.466 e. The van der Waals surface area contributed by atoms with E-state index >= 15 is 0 Å². The van der Waals surface area contributed by atoms with Gasteiger partial charge in [-0.3, -0.25) is 14.4 Å². The lowest BCUT2D eigenvalue weighted by molar-refractivity contribution is -0.145. The third-order valence-electron chi connectivity index (χ3n) is 7.12. The van der Waals surface area contributed by atoms with Crippen molar-refractivity contribution in [2.24, 2.45) is 0 Å². The molecular formula is C34H67NO12. The molecule has 0 saturated heterocycles. The summed E-state index contributed by atoms with van der Waals surface area (Å²) in [6.45, 7) is 17.2. The van der Waals surface area contributed by atoms with E-state index in [2.05, 4.69) is 33.0 Å². The smallest absolute Gasteiger partial charge is 0.308 e. The van der Waals surface area contributed by atoms with E-state index in [-0.39, 0.29) is 82.9 Å². The second-order valence-electron chi connectivity index (χ2n) is 10.8. The molecule has 0 radical (unpaired) electrons. The number of carbonyl (C=O) groups excluding carboxylic acids is 3. The molecule has 1 N–H and O–H groups in total. The van der Waals surface area contributed by atoms with Gasteiger partial charge in [0, 0.05) is 7.11 Å². The van der Waals surface area contributed by atoms with E-state index in [0.717, 1.165) is 25.7 Å². The van der Waals surface area contributed by atoms with Crippen LogP contribution < -0.4 is 5.32 Å². The van der Waals surface area contributed by atoms with Gasteiger partial charge in [-0.05, 0) is 53.5 Å². The average Bonchev–Trinajstić information content (AvgIpc) is 3.07. The van der Waals surface area contributed by atoms with E-state index in [1.807, 2.05) is 0 Å². The minimum absolute atomic E-state index is 0.0520. The van der Waals surface area contributed by atoms with E-state index in [0.29, 0.717) is 45.2 Å². The Labute approximate surface area is 284 Å². The van der Waals surface area contributed by atoms with Crippen molar-refractivity contribution in [3.05, 3.63) is 0 Å². The highest BCUT2D eigenvalue weighted by atomic mass is 16.6. The molecule has 0 spiro atoms. The standard InChI is InChI=1S/C20H37NO9.C14H30O3/c1-5-28-17(22)8-11-25-14-20(21-4,15-26-12-9-18(23)29-6-2)16-27-13-10-19(24)30-7-3;1-6-12(7-2)16-10-14(15-5)11-17-13(8-3)9-4/h21H,5-16H2,1-4H3;12-14H,6-11H2,1-5H3. The zero-order valence-electron chi connectivity index (χ0n) is 30.9. The molecule has 0 fully saturated rings. The van der Waals surface area contributed by atoms with Crippen molar-refractivity contribution in [1.29, 1.82) is 0 Å². The summed E-state index contributed by atoms with van der Waals surface area (Å²) in [7, 11) is 3.45. The summed E-state index contributed by atoms with van der Waals surface area (Å²) in [4.78, 5) is 34.3. The highest BCUT2D eigenvalue weighted by Gasteiger charge is 2.30. The van der Waals surface area contributed by atoms with Crippen molar-refractivity contribution in [1.82, 2.24) is 5.32 Å². The Hall–Kier alpha value is -1.87. The van der Waals surface area contributed by atoms with Gasteiger partial charge in [0.2, 0.25) is 0 Å². The fourth-order valence-electron chi connectivity index (χ4n) is 4.03. The molecule has 0 aliphatic heterocycles. The summed E-state index contributed by atoms with van der Waals surface area (Å²) in [6, 6.07) is 0. The molecule has 0 saturated carbocycles. The summed E-state index contributed by atoms with van der Waals surface area (Å²) in [5.41, 5.74) is -0.724. The molecule has 0 aromatic heterocycles. The Morgan fingerprint density at radius 3 is 1.11 bits per heavy atom. The van der Waals surface area contributed by atoms with Crippen LogP contribution in [0.4, 0.5) is 0 Å². The lowest BCUT2D eigenvalue weighted by Crippen LogP contribution is -2.55. The van der Waals surface area contributed by atoms with Crippen LogP contribution in [0.15, 0.2) is 0 Å². The molecule has 280 valence electrons. The van der Waals surface area contributed by atoms with Crippen molar-refractivity contribution in [3.8, 4) is 0 Å². The summed E-state index contributed by atoms with van der Waals surface area (Å²) >= 11 is 0. The first-order chi connectivity index (χ1) is 22.6. The van der Waals surface area contributed by atoms with Crippen molar-refractivity contribution in [2.75, 3.05) is 86.8 Å². The number of methoxy groups -OCH3 is 1. The molecule has 0 aromatic rings. The first-order valence-electron chi connectivity index (χ1n) is 17.3. The fraction of sp³-hybridized carbons (Fsp3) is 0.912. The molecule has 13 heteroatoms. The Bertz CT molecular complexity index is 666. The van der Waals surface area contributed by atoms with Gasteiger partial charge in [-0.25, -0.2) is 0 Å². The van der Waals surface area contributed by atoms with Crippen molar-refractivity contribution < 1.29 is 57.0 Å². The number of nitrogens with one attached hydrogen (secondary N) is 1. The Kier molecular flexibility index (Phi) is 32.8. The van der Waals surface area contributed by atoms with Gasteiger partial charge < -0.3 is 47.9 Å². The Balaban J connectivity index is 0. The van der Waals surface area contributed by atoms with Gasteiger partial charge in [0.15, 0.2) is 0 Å². The second-order valence-corrected chi connectivity index (χ2v) is 10.8. The first-order valence-corrected chi connectivity index (χ1v) is 17.3. The third kappa shape index (κ3) is 26.7.